The maximum absolute atomic E-state index is 12.1. The Hall–Kier alpha value is -0.650. The average molecular weight is 289 g/mol. The summed E-state index contributed by atoms with van der Waals surface area (Å²) in [5, 5.41) is 3.28. The molecule has 20 heavy (non-hydrogen) atoms. The molecule has 5 nitrogen and oxygen atoms in total. The summed E-state index contributed by atoms with van der Waals surface area (Å²) in [4.78, 5) is 12.1. The third-order valence-electron chi connectivity index (χ3n) is 3.08. The van der Waals surface area contributed by atoms with Crippen LogP contribution in [0.1, 0.15) is 47.0 Å². The summed E-state index contributed by atoms with van der Waals surface area (Å²) in [5.41, 5.74) is -0.688. The highest BCUT2D eigenvalue weighted by Gasteiger charge is 2.35. The number of rotatable bonds is 12. The van der Waals surface area contributed by atoms with Crippen molar-refractivity contribution in [1.29, 1.82) is 0 Å². The van der Waals surface area contributed by atoms with Gasteiger partial charge in [0.15, 0.2) is 0 Å². The summed E-state index contributed by atoms with van der Waals surface area (Å²) in [6.07, 6.45) is 2.42. The summed E-state index contributed by atoms with van der Waals surface area (Å²) in [5.74, 6) is -0.208. The molecule has 0 aliphatic heterocycles. The molecule has 0 amide bonds. The standard InChI is InChI=1S/C15H31NO4/c1-6-9-16-15(4,14(17)19-7-2)12-13(3)20-11-8-10-18-5/h13,16H,6-12H2,1-5H3. The van der Waals surface area contributed by atoms with Crippen molar-refractivity contribution in [3.63, 3.8) is 0 Å². The minimum absolute atomic E-state index is 0.00869. The smallest absolute Gasteiger partial charge is 0.326 e. The fourth-order valence-corrected chi connectivity index (χ4v) is 2.04. The van der Waals surface area contributed by atoms with Crippen LogP contribution in [-0.4, -0.2) is 51.1 Å². The molecule has 0 aliphatic rings. The molecule has 0 heterocycles. The summed E-state index contributed by atoms with van der Waals surface area (Å²) < 4.78 is 15.9. The summed E-state index contributed by atoms with van der Waals surface area (Å²) >= 11 is 0. The molecule has 0 spiro atoms. The number of carbonyl (C=O) groups excluding carboxylic acids is 1. The Morgan fingerprint density at radius 1 is 1.30 bits per heavy atom. The number of hydrogen-bond donors (Lipinski definition) is 1. The van der Waals surface area contributed by atoms with Crippen LogP contribution < -0.4 is 5.32 Å². The molecule has 0 saturated carbocycles. The van der Waals surface area contributed by atoms with Crippen molar-refractivity contribution in [2.24, 2.45) is 0 Å². The van der Waals surface area contributed by atoms with Crippen molar-refractivity contribution in [3.8, 4) is 0 Å². The third kappa shape index (κ3) is 7.82. The number of methoxy groups -OCH3 is 1. The van der Waals surface area contributed by atoms with Crippen LogP contribution in [-0.2, 0) is 19.0 Å². The first-order valence-electron chi connectivity index (χ1n) is 7.53. The monoisotopic (exact) mass is 289 g/mol. The Morgan fingerprint density at radius 3 is 2.55 bits per heavy atom. The van der Waals surface area contributed by atoms with E-state index >= 15 is 0 Å². The SMILES string of the molecule is CCCNC(C)(CC(C)OCCCOC)C(=O)OCC. The second-order valence-electron chi connectivity index (χ2n) is 5.21. The first-order valence-corrected chi connectivity index (χ1v) is 7.53. The van der Waals surface area contributed by atoms with Crippen molar-refractivity contribution < 1.29 is 19.0 Å². The molecule has 5 heteroatoms. The summed E-state index contributed by atoms with van der Waals surface area (Å²) in [7, 11) is 1.68. The number of esters is 1. The largest absolute Gasteiger partial charge is 0.465 e. The molecule has 0 bridgehead atoms. The zero-order chi connectivity index (χ0) is 15.4. The second kappa shape index (κ2) is 11.1. The van der Waals surface area contributed by atoms with Gasteiger partial charge in [0.2, 0.25) is 0 Å². The Kier molecular flexibility index (Phi) is 10.7. The summed E-state index contributed by atoms with van der Waals surface area (Å²) in [6.45, 7) is 10.3. The van der Waals surface area contributed by atoms with Crippen LogP contribution in [0.4, 0.5) is 0 Å². The van der Waals surface area contributed by atoms with Crippen LogP contribution in [0, 0.1) is 0 Å². The van der Waals surface area contributed by atoms with Gasteiger partial charge in [-0.2, -0.15) is 0 Å². The topological polar surface area (TPSA) is 56.8 Å². The van der Waals surface area contributed by atoms with Crippen LogP contribution in [0.25, 0.3) is 0 Å². The van der Waals surface area contributed by atoms with Gasteiger partial charge in [-0.3, -0.25) is 4.79 Å². The lowest BCUT2D eigenvalue weighted by molar-refractivity contribution is -0.152. The van der Waals surface area contributed by atoms with Crippen LogP contribution >= 0.6 is 0 Å². The normalized spacial score (nSPS) is 15.7. The highest BCUT2D eigenvalue weighted by Crippen LogP contribution is 2.17. The quantitative estimate of drug-likeness (QED) is 0.440. The number of ether oxygens (including phenoxy) is 3. The Balaban J connectivity index is 4.35. The minimum Gasteiger partial charge on any atom is -0.465 e. The van der Waals surface area contributed by atoms with Crippen LogP contribution in [0.15, 0.2) is 0 Å². The fourth-order valence-electron chi connectivity index (χ4n) is 2.04. The molecule has 2 atom stereocenters. The predicted molar refractivity (Wildman–Crippen MR) is 79.9 cm³/mol. The van der Waals surface area contributed by atoms with Gasteiger partial charge in [0.25, 0.3) is 0 Å². The molecule has 120 valence electrons. The van der Waals surface area contributed by atoms with E-state index in [9.17, 15) is 4.79 Å². The van der Waals surface area contributed by atoms with Crippen molar-refractivity contribution in [2.45, 2.75) is 58.6 Å². The Morgan fingerprint density at radius 2 is 2.00 bits per heavy atom. The molecular formula is C15H31NO4. The van der Waals surface area contributed by atoms with Crippen LogP contribution in [0.2, 0.25) is 0 Å². The van der Waals surface area contributed by atoms with E-state index in [1.807, 2.05) is 20.8 Å². The lowest BCUT2D eigenvalue weighted by Crippen LogP contribution is -2.52. The van der Waals surface area contributed by atoms with Crippen molar-refractivity contribution in [3.05, 3.63) is 0 Å². The highest BCUT2D eigenvalue weighted by molar-refractivity contribution is 5.80. The van der Waals surface area contributed by atoms with Gasteiger partial charge in [-0.05, 0) is 40.2 Å². The zero-order valence-electron chi connectivity index (χ0n) is 13.7. The van der Waals surface area contributed by atoms with Crippen molar-refractivity contribution in [2.75, 3.05) is 33.5 Å². The van der Waals surface area contributed by atoms with Crippen molar-refractivity contribution >= 4 is 5.97 Å². The van der Waals surface area contributed by atoms with Crippen LogP contribution in [0.5, 0.6) is 0 Å². The Bertz CT molecular complexity index is 260. The maximum Gasteiger partial charge on any atom is 0.326 e. The van der Waals surface area contributed by atoms with Gasteiger partial charge < -0.3 is 19.5 Å². The lowest BCUT2D eigenvalue weighted by atomic mass is 9.94. The number of hydrogen-bond acceptors (Lipinski definition) is 5. The number of nitrogens with one attached hydrogen (secondary N) is 1. The highest BCUT2D eigenvalue weighted by atomic mass is 16.5. The van der Waals surface area contributed by atoms with E-state index in [-0.39, 0.29) is 12.1 Å². The van der Waals surface area contributed by atoms with E-state index in [1.54, 1.807) is 7.11 Å². The van der Waals surface area contributed by atoms with Gasteiger partial charge in [-0.25, -0.2) is 0 Å². The molecule has 0 fully saturated rings. The molecule has 1 N–H and O–H groups in total. The average Bonchev–Trinajstić information content (AvgIpc) is 2.41. The maximum atomic E-state index is 12.1. The van der Waals surface area contributed by atoms with Gasteiger partial charge in [0.1, 0.15) is 5.54 Å². The predicted octanol–water partition coefficient (Wildman–Crippen LogP) is 2.14. The molecule has 0 aromatic heterocycles. The van der Waals surface area contributed by atoms with Crippen LogP contribution in [0.3, 0.4) is 0 Å². The molecule has 0 radical (unpaired) electrons. The molecule has 0 aliphatic carbocycles. The van der Waals surface area contributed by atoms with E-state index < -0.39 is 5.54 Å². The first-order chi connectivity index (χ1) is 9.50. The Labute approximate surface area is 123 Å². The van der Waals surface area contributed by atoms with Gasteiger partial charge in [-0.15, -0.1) is 0 Å². The van der Waals surface area contributed by atoms with Crippen molar-refractivity contribution in [1.82, 2.24) is 5.32 Å². The van der Waals surface area contributed by atoms with E-state index in [0.717, 1.165) is 19.4 Å². The molecule has 0 aromatic carbocycles. The van der Waals surface area contributed by atoms with Gasteiger partial charge >= 0.3 is 5.97 Å². The fraction of sp³-hybridized carbons (Fsp3) is 0.933. The molecule has 2 unspecified atom stereocenters. The van der Waals surface area contributed by atoms with E-state index in [2.05, 4.69) is 12.2 Å². The first kappa shape index (κ1) is 19.4. The van der Waals surface area contributed by atoms with Gasteiger partial charge in [0.05, 0.1) is 12.7 Å². The van der Waals surface area contributed by atoms with E-state index in [0.29, 0.717) is 26.2 Å². The zero-order valence-corrected chi connectivity index (χ0v) is 13.7. The van der Waals surface area contributed by atoms with Gasteiger partial charge in [-0.1, -0.05) is 6.92 Å². The van der Waals surface area contributed by atoms with E-state index in [1.165, 1.54) is 0 Å². The lowest BCUT2D eigenvalue weighted by Gasteiger charge is -2.31. The third-order valence-corrected chi connectivity index (χ3v) is 3.08. The van der Waals surface area contributed by atoms with Gasteiger partial charge in [0, 0.05) is 26.7 Å². The number of carbonyl (C=O) groups is 1. The second-order valence-corrected chi connectivity index (χ2v) is 5.21. The summed E-state index contributed by atoms with van der Waals surface area (Å²) in [6, 6.07) is 0. The molecular weight excluding hydrogens is 258 g/mol. The minimum atomic E-state index is -0.688. The molecule has 0 aromatic rings. The molecule has 0 rings (SSSR count). The molecule has 0 saturated heterocycles. The van der Waals surface area contributed by atoms with E-state index in [4.69, 9.17) is 14.2 Å².